The molecule has 10 heteroatoms. The average molecular weight is 485 g/mol. The van der Waals surface area contributed by atoms with Crippen molar-refractivity contribution in [3.05, 3.63) is 47.2 Å². The summed E-state index contributed by atoms with van der Waals surface area (Å²) in [6, 6.07) is 3.26. The summed E-state index contributed by atoms with van der Waals surface area (Å²) in [6.07, 6.45) is 2.61. The van der Waals surface area contributed by atoms with Crippen LogP contribution in [-0.4, -0.2) is 75.6 Å². The molecule has 5 atom stereocenters. The molecule has 2 aliphatic carbocycles. The van der Waals surface area contributed by atoms with E-state index in [4.69, 9.17) is 19.3 Å². The lowest BCUT2D eigenvalue weighted by molar-refractivity contribution is -0.168. The van der Waals surface area contributed by atoms with Gasteiger partial charge in [-0.3, -0.25) is 0 Å². The molecule has 1 fully saturated rings. The normalized spacial score (nSPS) is 31.2. The van der Waals surface area contributed by atoms with Crippen LogP contribution in [0.1, 0.15) is 37.3 Å². The maximum atomic E-state index is 12.5. The molecule has 35 heavy (non-hydrogen) atoms. The molecule has 1 aromatic rings. The van der Waals surface area contributed by atoms with Gasteiger partial charge in [0.1, 0.15) is 5.76 Å². The Morgan fingerprint density at radius 2 is 2.03 bits per heavy atom. The lowest BCUT2D eigenvalue weighted by atomic mass is 9.50. The van der Waals surface area contributed by atoms with E-state index in [1.54, 1.807) is 19.1 Å². The minimum absolute atomic E-state index is 0.0375. The Bertz CT molecular complexity index is 1170. The van der Waals surface area contributed by atoms with Crippen LogP contribution in [0.5, 0.6) is 11.5 Å². The van der Waals surface area contributed by atoms with Gasteiger partial charge in [0.15, 0.2) is 23.7 Å². The van der Waals surface area contributed by atoms with Crippen molar-refractivity contribution in [2.75, 3.05) is 13.6 Å². The summed E-state index contributed by atoms with van der Waals surface area (Å²) in [5.74, 6) is -2.67. The van der Waals surface area contributed by atoms with Crippen molar-refractivity contribution >= 4 is 17.9 Å². The molecule has 2 bridgehead atoms. The van der Waals surface area contributed by atoms with Crippen molar-refractivity contribution in [3.63, 3.8) is 0 Å². The molecule has 1 aromatic carbocycles. The second-order valence-corrected chi connectivity index (χ2v) is 9.53. The van der Waals surface area contributed by atoms with Crippen molar-refractivity contribution in [1.82, 2.24) is 4.90 Å². The zero-order chi connectivity index (χ0) is 25.1. The number of aliphatic carboxylic acids is 1. The minimum atomic E-state index is -1.31. The molecule has 186 valence electrons. The number of rotatable bonds is 6. The van der Waals surface area contributed by atoms with Crippen LogP contribution in [0.25, 0.3) is 0 Å². The van der Waals surface area contributed by atoms with Crippen LogP contribution in [0, 0.1) is 0 Å². The van der Waals surface area contributed by atoms with Gasteiger partial charge < -0.3 is 34.4 Å². The molecule has 0 radical (unpaired) electrons. The molecule has 0 aromatic heterocycles. The topological polar surface area (TPSA) is 143 Å². The van der Waals surface area contributed by atoms with Crippen LogP contribution in [0.2, 0.25) is 0 Å². The highest BCUT2D eigenvalue weighted by atomic mass is 16.6. The van der Waals surface area contributed by atoms with E-state index in [1.807, 2.05) is 13.1 Å². The number of likely N-dealkylation sites (tertiary alicyclic amines) is 1. The highest BCUT2D eigenvalue weighted by Crippen LogP contribution is 2.65. The number of aromatic hydroxyl groups is 1. The summed E-state index contributed by atoms with van der Waals surface area (Å²) in [5, 5.41) is 31.6. The average Bonchev–Trinajstić information content (AvgIpc) is 3.18. The molecule has 1 saturated heterocycles. The smallest absolute Gasteiger partial charge is 0.345 e. The van der Waals surface area contributed by atoms with Gasteiger partial charge in [-0.1, -0.05) is 13.0 Å². The molecule has 4 aliphatic rings. The highest BCUT2D eigenvalue weighted by molar-refractivity contribution is 5.93. The number of likely N-dealkylation sites (N-methyl/N-ethyl adjacent to an activating group) is 1. The van der Waals surface area contributed by atoms with Crippen molar-refractivity contribution < 1.29 is 43.9 Å². The zero-order valence-electron chi connectivity index (χ0n) is 19.4. The van der Waals surface area contributed by atoms with E-state index in [0.717, 1.165) is 23.3 Å². The second-order valence-electron chi connectivity index (χ2n) is 9.53. The van der Waals surface area contributed by atoms with Crippen LogP contribution in [0.3, 0.4) is 0 Å². The van der Waals surface area contributed by atoms with E-state index in [0.29, 0.717) is 25.1 Å². The second kappa shape index (κ2) is 8.10. The number of nitrogens with zero attached hydrogens (tertiary/aromatic N) is 1. The third kappa shape index (κ3) is 3.27. The van der Waals surface area contributed by atoms with Crippen LogP contribution in [0.4, 0.5) is 0 Å². The summed E-state index contributed by atoms with van der Waals surface area (Å²) in [5.41, 5.74) is -0.317. The van der Waals surface area contributed by atoms with Crippen LogP contribution in [-0.2, 0) is 35.7 Å². The molecule has 2 heterocycles. The minimum Gasteiger partial charge on any atom is -0.504 e. The number of hydrogen-bond donors (Lipinski definition) is 3. The third-order valence-electron chi connectivity index (χ3n) is 7.83. The number of carbonyl (C=O) groups excluding carboxylic acids is 2. The number of phenols is 1. The molecular formula is C25H27NO9. The van der Waals surface area contributed by atoms with Gasteiger partial charge in [0.2, 0.25) is 0 Å². The number of benzene rings is 1. The number of hydrogen-bond acceptors (Lipinski definition) is 9. The number of aliphatic hydroxyl groups is 1. The first-order valence-electron chi connectivity index (χ1n) is 11.6. The number of ether oxygens (including phenoxy) is 3. The summed E-state index contributed by atoms with van der Waals surface area (Å²) >= 11 is 0. The van der Waals surface area contributed by atoms with E-state index >= 15 is 0 Å². The van der Waals surface area contributed by atoms with E-state index in [1.165, 1.54) is 0 Å². The van der Waals surface area contributed by atoms with Crippen LogP contribution in [0.15, 0.2) is 36.1 Å². The fourth-order valence-corrected chi connectivity index (χ4v) is 6.21. The number of carbonyl (C=O) groups is 3. The predicted molar refractivity (Wildman–Crippen MR) is 120 cm³/mol. The Balaban J connectivity index is 1.42. The molecule has 1 spiro atoms. The van der Waals surface area contributed by atoms with Gasteiger partial charge in [0.25, 0.3) is 0 Å². The maximum Gasteiger partial charge on any atom is 0.345 e. The summed E-state index contributed by atoms with van der Waals surface area (Å²) in [4.78, 5) is 37.6. The molecule has 0 amide bonds. The standard InChI is InChI=1S/C25H27NO9/c1-3-15(23(30)31)33-18(28)6-7-19(29)34-16-8-9-25(32)17-12-13-4-5-14(27)21-20(13)24(25,22(16)35-21)10-11-26(17)2/h4-8,15,17,22,27,32H,3,9-12H2,1-2H3,(H,30,31)/b7-6+/t15-,17+,22?,24?,25+/m0/s1. The van der Waals surface area contributed by atoms with Gasteiger partial charge in [-0.15, -0.1) is 0 Å². The maximum absolute atomic E-state index is 12.5. The highest BCUT2D eigenvalue weighted by Gasteiger charge is 2.72. The predicted octanol–water partition coefficient (Wildman–Crippen LogP) is 1.18. The van der Waals surface area contributed by atoms with E-state index < -0.39 is 41.1 Å². The first-order valence-corrected chi connectivity index (χ1v) is 11.6. The lowest BCUT2D eigenvalue weighted by Crippen LogP contribution is -2.74. The Labute approximate surface area is 201 Å². The summed E-state index contributed by atoms with van der Waals surface area (Å²) in [6.45, 7) is 2.25. The van der Waals surface area contributed by atoms with Gasteiger partial charge in [-0.05, 0) is 50.6 Å². The fourth-order valence-electron chi connectivity index (χ4n) is 6.21. The number of piperidine rings is 1. The van der Waals surface area contributed by atoms with Crippen molar-refractivity contribution in [2.45, 2.75) is 61.9 Å². The molecule has 5 rings (SSSR count). The molecular weight excluding hydrogens is 458 g/mol. The van der Waals surface area contributed by atoms with Gasteiger partial charge >= 0.3 is 17.9 Å². The largest absolute Gasteiger partial charge is 0.504 e. The molecule has 3 N–H and O–H groups in total. The van der Waals surface area contributed by atoms with Crippen LogP contribution >= 0.6 is 0 Å². The quantitative estimate of drug-likeness (QED) is 0.397. The zero-order valence-corrected chi connectivity index (χ0v) is 19.4. The summed E-state index contributed by atoms with van der Waals surface area (Å²) < 4.78 is 16.5. The molecule has 2 aliphatic heterocycles. The van der Waals surface area contributed by atoms with Gasteiger partial charge in [-0.25, -0.2) is 14.4 Å². The van der Waals surface area contributed by atoms with Crippen molar-refractivity contribution in [1.29, 1.82) is 0 Å². The Kier molecular flexibility index (Phi) is 5.41. The monoisotopic (exact) mass is 485 g/mol. The number of carboxylic acid groups (broad SMARTS) is 1. The Hall–Kier alpha value is -3.37. The number of esters is 2. The SMILES string of the molecule is CC[C@H](OC(=O)/C=C/C(=O)OC1=CC[C@@]2(O)[C@H]3Cc4ccc(O)c5c4C2(CCN3C)C1O5)C(=O)O. The van der Waals surface area contributed by atoms with E-state index in [2.05, 4.69) is 4.90 Å². The molecule has 0 saturated carbocycles. The Morgan fingerprint density at radius 3 is 2.74 bits per heavy atom. The van der Waals surface area contributed by atoms with Gasteiger partial charge in [0, 0.05) is 30.2 Å². The van der Waals surface area contributed by atoms with Crippen molar-refractivity contribution in [3.8, 4) is 11.5 Å². The number of carboxylic acids is 1. The van der Waals surface area contributed by atoms with E-state index in [9.17, 15) is 24.6 Å². The first kappa shape index (κ1) is 23.4. The number of phenolic OH excluding ortho intramolecular Hbond substituents is 1. The lowest BCUT2D eigenvalue weighted by Gasteiger charge is -2.61. The van der Waals surface area contributed by atoms with E-state index in [-0.39, 0.29) is 30.4 Å². The summed E-state index contributed by atoms with van der Waals surface area (Å²) in [7, 11) is 1.98. The van der Waals surface area contributed by atoms with Crippen LogP contribution < -0.4 is 4.74 Å². The third-order valence-corrected chi connectivity index (χ3v) is 7.83. The molecule has 10 nitrogen and oxygen atoms in total. The first-order chi connectivity index (χ1) is 16.6. The molecule has 2 unspecified atom stereocenters. The van der Waals surface area contributed by atoms with Crippen molar-refractivity contribution in [2.24, 2.45) is 0 Å². The fraction of sp³-hybridized carbons (Fsp3) is 0.480. The Morgan fingerprint density at radius 1 is 1.29 bits per heavy atom. The van der Waals surface area contributed by atoms with Gasteiger partial charge in [-0.2, -0.15) is 0 Å². The van der Waals surface area contributed by atoms with Gasteiger partial charge in [0.05, 0.1) is 11.0 Å².